The van der Waals surface area contributed by atoms with E-state index in [1.165, 1.54) is 36.4 Å². The molecule has 0 aromatic heterocycles. The fourth-order valence-corrected chi connectivity index (χ4v) is 3.94. The molecule has 0 radical (unpaired) electrons. The summed E-state index contributed by atoms with van der Waals surface area (Å²) in [6.45, 7) is -0.0655. The van der Waals surface area contributed by atoms with Crippen molar-refractivity contribution in [2.75, 3.05) is 22.0 Å². The van der Waals surface area contributed by atoms with Crippen LogP contribution in [-0.4, -0.2) is 26.8 Å². The van der Waals surface area contributed by atoms with E-state index in [-0.39, 0.29) is 28.7 Å². The number of hydrogen-bond donors (Lipinski definition) is 3. The van der Waals surface area contributed by atoms with E-state index in [1.807, 2.05) is 0 Å². The fourth-order valence-electron chi connectivity index (χ4n) is 2.88. The summed E-state index contributed by atoms with van der Waals surface area (Å²) in [6.07, 6.45) is 0. The van der Waals surface area contributed by atoms with Crippen LogP contribution >= 0.6 is 0 Å². The summed E-state index contributed by atoms with van der Waals surface area (Å²) in [4.78, 5) is 23.9. The number of ether oxygens (including phenoxy) is 1. The number of anilines is 3. The smallest absolute Gasteiger partial charge is 0.262 e. The lowest BCUT2D eigenvalue weighted by atomic mass is 10.2. The Balaban J connectivity index is 1.46. The highest BCUT2D eigenvalue weighted by atomic mass is 32.2. The van der Waals surface area contributed by atoms with Crippen molar-refractivity contribution in [3.05, 3.63) is 78.1 Å². The molecule has 0 atom stereocenters. The average Bonchev–Trinajstić information content (AvgIpc) is 2.75. The lowest BCUT2D eigenvalue weighted by Gasteiger charge is -2.18. The number of sulfonamides is 1. The SMILES string of the molecule is O=C1COc2ccc(NC(=O)c3ccc(S(=O)(=O)Nc4ccc(F)cc4)cc3)cc2N1. The molecule has 0 bridgehead atoms. The molecule has 3 aromatic rings. The number of halogens is 1. The third kappa shape index (κ3) is 4.64. The van der Waals surface area contributed by atoms with Crippen LogP contribution in [0.3, 0.4) is 0 Å². The zero-order valence-electron chi connectivity index (χ0n) is 15.9. The molecule has 31 heavy (non-hydrogen) atoms. The second-order valence-electron chi connectivity index (χ2n) is 6.64. The molecule has 2 amide bonds. The molecular formula is C21H16FN3O5S. The molecule has 10 heteroatoms. The van der Waals surface area contributed by atoms with Crippen molar-refractivity contribution in [3.63, 3.8) is 0 Å². The Morgan fingerprint density at radius 2 is 1.65 bits per heavy atom. The molecule has 3 N–H and O–H groups in total. The molecule has 0 spiro atoms. The number of carbonyl (C=O) groups is 2. The summed E-state index contributed by atoms with van der Waals surface area (Å²) in [5, 5.41) is 5.33. The van der Waals surface area contributed by atoms with Gasteiger partial charge in [0.15, 0.2) is 6.61 Å². The first-order chi connectivity index (χ1) is 14.8. The van der Waals surface area contributed by atoms with E-state index in [9.17, 15) is 22.4 Å². The van der Waals surface area contributed by atoms with Crippen molar-refractivity contribution in [2.24, 2.45) is 0 Å². The van der Waals surface area contributed by atoms with Gasteiger partial charge < -0.3 is 15.4 Å². The summed E-state index contributed by atoms with van der Waals surface area (Å²) in [5.74, 6) is -0.728. The predicted octanol–water partition coefficient (Wildman–Crippen LogP) is 3.21. The number of hydrogen-bond acceptors (Lipinski definition) is 5. The van der Waals surface area contributed by atoms with Crippen LogP contribution in [0, 0.1) is 5.82 Å². The van der Waals surface area contributed by atoms with Crippen LogP contribution in [-0.2, 0) is 14.8 Å². The molecule has 1 heterocycles. The molecule has 0 saturated heterocycles. The Morgan fingerprint density at radius 3 is 2.35 bits per heavy atom. The van der Waals surface area contributed by atoms with Crippen molar-refractivity contribution in [2.45, 2.75) is 4.90 Å². The van der Waals surface area contributed by atoms with E-state index < -0.39 is 21.7 Å². The van der Waals surface area contributed by atoms with Gasteiger partial charge in [0.2, 0.25) is 0 Å². The minimum absolute atomic E-state index is 0.0537. The molecule has 1 aliphatic rings. The third-order valence-electron chi connectivity index (χ3n) is 4.39. The van der Waals surface area contributed by atoms with E-state index in [4.69, 9.17) is 4.74 Å². The zero-order chi connectivity index (χ0) is 22.0. The van der Waals surface area contributed by atoms with Crippen LogP contribution in [0.1, 0.15) is 10.4 Å². The van der Waals surface area contributed by atoms with Crippen molar-refractivity contribution >= 4 is 38.9 Å². The van der Waals surface area contributed by atoms with E-state index in [0.717, 1.165) is 12.1 Å². The van der Waals surface area contributed by atoms with Crippen molar-refractivity contribution in [3.8, 4) is 5.75 Å². The highest BCUT2D eigenvalue weighted by molar-refractivity contribution is 7.92. The van der Waals surface area contributed by atoms with Gasteiger partial charge in [-0.05, 0) is 66.7 Å². The minimum Gasteiger partial charge on any atom is -0.482 e. The predicted molar refractivity (Wildman–Crippen MR) is 112 cm³/mol. The lowest BCUT2D eigenvalue weighted by Crippen LogP contribution is -2.25. The summed E-state index contributed by atoms with van der Waals surface area (Å²) < 4.78 is 45.5. The van der Waals surface area contributed by atoms with Crippen LogP contribution in [0.2, 0.25) is 0 Å². The molecule has 3 aromatic carbocycles. The summed E-state index contributed by atoms with van der Waals surface area (Å²) in [5.41, 5.74) is 1.33. The number of nitrogens with one attached hydrogen (secondary N) is 3. The molecule has 0 unspecified atom stereocenters. The van der Waals surface area contributed by atoms with Gasteiger partial charge in [0.05, 0.1) is 10.6 Å². The Labute approximate surface area is 177 Å². The standard InChI is InChI=1S/C21H16FN3O5S/c22-14-3-5-15(6-4-14)25-31(28,29)17-8-1-13(2-9-17)21(27)23-16-7-10-19-18(11-16)24-20(26)12-30-19/h1-11,25H,12H2,(H,23,27)(H,24,26). The van der Waals surface area contributed by atoms with Gasteiger partial charge >= 0.3 is 0 Å². The summed E-state index contributed by atoms with van der Waals surface area (Å²) >= 11 is 0. The topological polar surface area (TPSA) is 114 Å². The van der Waals surface area contributed by atoms with Crippen LogP contribution < -0.4 is 20.1 Å². The van der Waals surface area contributed by atoms with E-state index in [2.05, 4.69) is 15.4 Å². The molecule has 8 nitrogen and oxygen atoms in total. The summed E-state index contributed by atoms with van der Waals surface area (Å²) in [6, 6.07) is 15.0. The Hall–Kier alpha value is -3.92. The largest absolute Gasteiger partial charge is 0.482 e. The fraction of sp³-hybridized carbons (Fsp3) is 0.0476. The van der Waals surface area contributed by atoms with Gasteiger partial charge in [0.1, 0.15) is 11.6 Å². The Kier molecular flexibility index (Phi) is 5.30. The maximum absolute atomic E-state index is 13.0. The quantitative estimate of drug-likeness (QED) is 0.563. The number of carbonyl (C=O) groups excluding carboxylic acids is 2. The first kappa shape index (κ1) is 20.4. The van der Waals surface area contributed by atoms with Crippen LogP contribution in [0.4, 0.5) is 21.5 Å². The monoisotopic (exact) mass is 441 g/mol. The molecule has 1 aliphatic heterocycles. The number of rotatable bonds is 5. The van der Waals surface area contributed by atoms with Gasteiger partial charge in [0.25, 0.3) is 21.8 Å². The normalized spacial score (nSPS) is 12.9. The highest BCUT2D eigenvalue weighted by Crippen LogP contribution is 2.30. The van der Waals surface area contributed by atoms with E-state index in [0.29, 0.717) is 17.1 Å². The first-order valence-electron chi connectivity index (χ1n) is 9.07. The highest BCUT2D eigenvalue weighted by Gasteiger charge is 2.18. The minimum atomic E-state index is -3.90. The van der Waals surface area contributed by atoms with Crippen molar-refractivity contribution in [1.82, 2.24) is 0 Å². The lowest BCUT2D eigenvalue weighted by molar-refractivity contribution is -0.118. The van der Waals surface area contributed by atoms with E-state index in [1.54, 1.807) is 18.2 Å². The maximum atomic E-state index is 13.0. The van der Waals surface area contributed by atoms with Crippen LogP contribution in [0.25, 0.3) is 0 Å². The van der Waals surface area contributed by atoms with Gasteiger partial charge in [-0.15, -0.1) is 0 Å². The van der Waals surface area contributed by atoms with E-state index >= 15 is 0 Å². The van der Waals surface area contributed by atoms with Crippen LogP contribution in [0.15, 0.2) is 71.6 Å². The molecule has 158 valence electrons. The van der Waals surface area contributed by atoms with Crippen molar-refractivity contribution in [1.29, 1.82) is 0 Å². The number of amides is 2. The van der Waals surface area contributed by atoms with Crippen LogP contribution in [0.5, 0.6) is 5.75 Å². The molecule has 4 rings (SSSR count). The van der Waals surface area contributed by atoms with Crippen molar-refractivity contribution < 1.29 is 27.1 Å². The van der Waals surface area contributed by atoms with Gasteiger partial charge in [0, 0.05) is 16.9 Å². The number of benzene rings is 3. The Morgan fingerprint density at radius 1 is 0.968 bits per heavy atom. The molecule has 0 saturated carbocycles. The van der Waals surface area contributed by atoms with Gasteiger partial charge in [-0.2, -0.15) is 0 Å². The van der Waals surface area contributed by atoms with Gasteiger partial charge in [-0.1, -0.05) is 0 Å². The van der Waals surface area contributed by atoms with Gasteiger partial charge in [-0.3, -0.25) is 14.3 Å². The average molecular weight is 441 g/mol. The second kappa shape index (κ2) is 8.07. The maximum Gasteiger partial charge on any atom is 0.262 e. The Bertz CT molecular complexity index is 1260. The third-order valence-corrected chi connectivity index (χ3v) is 5.79. The summed E-state index contributed by atoms with van der Waals surface area (Å²) in [7, 11) is -3.90. The molecule has 0 fully saturated rings. The molecule has 0 aliphatic carbocycles. The first-order valence-corrected chi connectivity index (χ1v) is 10.5. The number of fused-ring (bicyclic) bond motifs is 1. The molecular weight excluding hydrogens is 425 g/mol. The second-order valence-corrected chi connectivity index (χ2v) is 8.32. The van der Waals surface area contributed by atoms with Gasteiger partial charge in [-0.25, -0.2) is 12.8 Å². The zero-order valence-corrected chi connectivity index (χ0v) is 16.7.